The minimum Gasteiger partial charge on any atom is -0.458 e. The van der Waals surface area contributed by atoms with Gasteiger partial charge in [0.15, 0.2) is 0 Å². The fourth-order valence-corrected chi connectivity index (χ4v) is 9.76. The number of esters is 4. The van der Waals surface area contributed by atoms with Crippen molar-refractivity contribution in [1.29, 1.82) is 0 Å². The predicted molar refractivity (Wildman–Crippen MR) is 331 cm³/mol. The summed E-state index contributed by atoms with van der Waals surface area (Å²) in [7, 11) is 0. The summed E-state index contributed by atoms with van der Waals surface area (Å²) >= 11 is 3.54. The lowest BCUT2D eigenvalue weighted by atomic mass is 10.0. The second kappa shape index (κ2) is 46.5. The van der Waals surface area contributed by atoms with Gasteiger partial charge in [0, 0.05) is 53.4 Å². The summed E-state index contributed by atoms with van der Waals surface area (Å²) in [5.74, 6) is 28.4. The normalized spacial score (nSPS) is 11.8. The van der Waals surface area contributed by atoms with E-state index in [-0.39, 0.29) is 48.3 Å². The highest BCUT2D eigenvalue weighted by molar-refractivity contribution is 7.99. The Hall–Kier alpha value is -6.30. The van der Waals surface area contributed by atoms with Gasteiger partial charge >= 0.3 is 23.9 Å². The molecule has 4 aromatic carbocycles. The van der Waals surface area contributed by atoms with Gasteiger partial charge in [-0.05, 0) is 99.3 Å². The highest BCUT2D eigenvalue weighted by Crippen LogP contribution is 2.28. The van der Waals surface area contributed by atoms with Crippen molar-refractivity contribution in [3.63, 3.8) is 0 Å². The van der Waals surface area contributed by atoms with Crippen LogP contribution in [0.2, 0.25) is 0 Å². The Morgan fingerprint density at radius 3 is 0.713 bits per heavy atom. The number of carbonyl (C=O) groups is 4. The molecule has 0 radical (unpaired) electrons. The zero-order valence-corrected chi connectivity index (χ0v) is 50.0. The van der Waals surface area contributed by atoms with Crippen molar-refractivity contribution in [3.05, 3.63) is 144 Å². The minimum absolute atomic E-state index is 0.146. The number of hydrogen-bond acceptors (Lipinski definition) is 10. The molecule has 4 unspecified atom stereocenters. The molecule has 0 bridgehead atoms. The van der Waals surface area contributed by atoms with Gasteiger partial charge in [-0.2, -0.15) is 0 Å². The Labute approximate surface area is 490 Å². The van der Waals surface area contributed by atoms with Crippen LogP contribution in [0, 0.1) is 47.4 Å². The molecule has 4 atom stereocenters. The maximum Gasteiger partial charge on any atom is 0.303 e. The molecule has 0 heterocycles. The van der Waals surface area contributed by atoms with Gasteiger partial charge in [0.05, 0.1) is 23.0 Å². The monoisotopic (exact) mass is 1120 g/mol. The molecule has 0 spiro atoms. The van der Waals surface area contributed by atoms with Gasteiger partial charge in [-0.3, -0.25) is 19.2 Å². The van der Waals surface area contributed by atoms with Crippen LogP contribution in [0.3, 0.4) is 0 Å². The van der Waals surface area contributed by atoms with Crippen molar-refractivity contribution in [1.82, 2.24) is 0 Å². The molecular weight excluding hydrogens is 1030 g/mol. The van der Waals surface area contributed by atoms with Crippen LogP contribution < -0.4 is 0 Å². The largest absolute Gasteiger partial charge is 0.458 e. The highest BCUT2D eigenvalue weighted by Gasteiger charge is 2.17. The summed E-state index contributed by atoms with van der Waals surface area (Å²) in [6, 6.07) is 39.9. The van der Waals surface area contributed by atoms with Crippen molar-refractivity contribution in [2.75, 3.05) is 23.0 Å². The molecule has 8 nitrogen and oxygen atoms in total. The van der Waals surface area contributed by atoms with Gasteiger partial charge in [0.1, 0.15) is 24.4 Å². The van der Waals surface area contributed by atoms with Crippen LogP contribution in [0.5, 0.6) is 0 Å². The zero-order valence-electron chi connectivity index (χ0n) is 48.3. The van der Waals surface area contributed by atoms with Crippen molar-refractivity contribution in [2.45, 2.75) is 193 Å². The molecule has 0 aliphatic carbocycles. The fraction of sp³-hybridized carbons (Fsp3) is 0.486. The van der Waals surface area contributed by atoms with Crippen LogP contribution in [0.4, 0.5) is 0 Å². The van der Waals surface area contributed by atoms with Gasteiger partial charge in [-0.15, -0.1) is 47.2 Å². The number of thioether (sulfide) groups is 2. The summed E-state index contributed by atoms with van der Waals surface area (Å²) in [4.78, 5) is 45.7. The van der Waals surface area contributed by atoms with E-state index in [0.29, 0.717) is 0 Å². The lowest BCUT2D eigenvalue weighted by molar-refractivity contribution is -0.148. The first-order valence-electron chi connectivity index (χ1n) is 29.0. The maximum absolute atomic E-state index is 11.4. The van der Waals surface area contributed by atoms with Gasteiger partial charge in [0.2, 0.25) is 0 Å². The summed E-state index contributed by atoms with van der Waals surface area (Å²) in [5, 5.41) is 0. The van der Waals surface area contributed by atoms with Crippen molar-refractivity contribution in [2.24, 2.45) is 0 Å². The van der Waals surface area contributed by atoms with Crippen molar-refractivity contribution >= 4 is 47.4 Å². The Morgan fingerprint density at radius 1 is 0.300 bits per heavy atom. The summed E-state index contributed by atoms with van der Waals surface area (Å²) < 4.78 is 22.0. The van der Waals surface area contributed by atoms with E-state index in [1.807, 2.05) is 121 Å². The summed E-state index contributed by atoms with van der Waals surface area (Å²) in [6.07, 6.45) is 21.6. The van der Waals surface area contributed by atoms with E-state index in [1.54, 1.807) is 23.5 Å². The van der Waals surface area contributed by atoms with Crippen LogP contribution in [0.25, 0.3) is 0 Å². The van der Waals surface area contributed by atoms with E-state index in [9.17, 15) is 19.2 Å². The lowest BCUT2D eigenvalue weighted by Crippen LogP contribution is -2.08. The van der Waals surface area contributed by atoms with Crippen molar-refractivity contribution < 1.29 is 38.1 Å². The number of hydrogen-bond donors (Lipinski definition) is 0. The van der Waals surface area contributed by atoms with Crippen LogP contribution in [0.1, 0.15) is 216 Å². The molecule has 0 fully saturated rings. The number of rotatable bonds is 34. The lowest BCUT2D eigenvalue weighted by Gasteiger charge is -2.17. The van der Waals surface area contributed by atoms with E-state index < -0.39 is 0 Å². The number of unbranched alkanes of at least 4 members (excludes halogenated alkanes) is 14. The number of carbonyl (C=O) groups excluding carboxylic acids is 4. The molecule has 0 aliphatic heterocycles. The summed E-state index contributed by atoms with van der Waals surface area (Å²) in [5.41, 5.74) is 4.25. The van der Waals surface area contributed by atoms with Crippen LogP contribution in [-0.4, -0.2) is 46.9 Å². The Balaban J connectivity index is 0.000000421. The Bertz CT molecular complexity index is 2370. The molecule has 80 heavy (non-hydrogen) atoms. The van der Waals surface area contributed by atoms with Gasteiger partial charge in [0.25, 0.3) is 0 Å². The predicted octanol–water partition coefficient (Wildman–Crippen LogP) is 17.3. The third-order valence-corrected chi connectivity index (χ3v) is 14.1. The third-order valence-electron chi connectivity index (χ3n) is 12.7. The Morgan fingerprint density at radius 2 is 0.500 bits per heavy atom. The van der Waals surface area contributed by atoms with Gasteiger partial charge < -0.3 is 18.9 Å². The molecule has 4 aromatic rings. The molecule has 10 heteroatoms. The molecule has 4 rings (SSSR count). The molecular formula is C70H88O8S2. The van der Waals surface area contributed by atoms with E-state index in [1.165, 1.54) is 27.7 Å². The molecule has 0 amide bonds. The van der Waals surface area contributed by atoms with Crippen molar-refractivity contribution in [3.8, 4) is 47.4 Å². The van der Waals surface area contributed by atoms with Crippen LogP contribution in [0.15, 0.2) is 121 Å². The first-order valence-corrected chi connectivity index (χ1v) is 31.3. The number of ether oxygens (including phenoxy) is 4. The average molecular weight is 1120 g/mol. The van der Waals surface area contributed by atoms with E-state index >= 15 is 0 Å². The van der Waals surface area contributed by atoms with Crippen LogP contribution in [-0.2, 0) is 38.1 Å². The molecule has 428 valence electrons. The Kier molecular flexibility index (Phi) is 39.5. The second-order valence-electron chi connectivity index (χ2n) is 19.5. The quantitative estimate of drug-likeness (QED) is 0.0194. The topological polar surface area (TPSA) is 105 Å². The van der Waals surface area contributed by atoms with E-state index in [2.05, 4.69) is 47.4 Å². The van der Waals surface area contributed by atoms with Crippen LogP contribution >= 0.6 is 23.5 Å². The fourth-order valence-electron chi connectivity index (χ4n) is 8.74. The molecule has 0 aromatic heterocycles. The smallest absolute Gasteiger partial charge is 0.303 e. The minimum atomic E-state index is -0.234. The molecule has 0 N–H and O–H groups in total. The maximum atomic E-state index is 11.4. The zero-order chi connectivity index (χ0) is 57.4. The third kappa shape index (κ3) is 36.1. The van der Waals surface area contributed by atoms with Gasteiger partial charge in [-0.25, -0.2) is 0 Å². The van der Waals surface area contributed by atoms with Gasteiger partial charge in [-0.1, -0.05) is 184 Å². The highest BCUT2D eigenvalue weighted by atomic mass is 32.2. The van der Waals surface area contributed by atoms with E-state index in [0.717, 1.165) is 187 Å². The summed E-state index contributed by atoms with van der Waals surface area (Å²) in [6.45, 7) is 5.88. The number of benzene rings is 4. The second-order valence-corrected chi connectivity index (χ2v) is 21.5. The average Bonchev–Trinajstić information content (AvgIpc) is 3.46. The molecule has 0 aliphatic rings. The van der Waals surface area contributed by atoms with E-state index in [4.69, 9.17) is 18.9 Å². The first kappa shape index (κ1) is 68.0. The first-order chi connectivity index (χ1) is 39.1. The molecule has 0 saturated carbocycles. The standard InChI is InChI=1S/C36H46O4S.C34H42O4S/c1-31(37)39-35(33-23-15-13-16-24-33)27-19-9-5-3-7-11-21-29-41-30-22-12-8-4-6-10-20-28-36(40-32(2)38)34-25-17-14-18-26-34;1-29(35)37-33(31-21-13-11-14-22-31)25-17-7-3-5-9-19-27-39-28-20-10-6-4-8-18-26-34(38-30(2)36)32-23-15-12-16-24-32/h13-18,23-26,35-36H,3-10,19-20,27-30H2,1-2H3;11-16,21-24,33-34H,3-8,17-18,25-28H2,1-2H3. The SMILES string of the molecule is CC(=O)OC(CCCCCC#CCSCC#CCCCCCC(OC(C)=O)c1ccccc1)c1ccccc1.CC(=O)OC(CCCCCCC#CCSCC#CCCCCCCC(OC(C)=O)c1ccccc1)c1ccccc1. The molecule has 0 saturated heterocycles.